The van der Waals surface area contributed by atoms with Gasteiger partial charge in [0.1, 0.15) is 6.54 Å². The molecule has 20 heavy (non-hydrogen) atoms. The fourth-order valence-corrected chi connectivity index (χ4v) is 2.48. The highest BCUT2D eigenvalue weighted by atomic mass is 35.5. The molecule has 102 valence electrons. The summed E-state index contributed by atoms with van der Waals surface area (Å²) in [6, 6.07) is 7.56. The minimum atomic E-state index is 0.461. The maximum Gasteiger partial charge on any atom is 0.195 e. The summed E-state index contributed by atoms with van der Waals surface area (Å²) in [6.45, 7) is 0.461. The number of thioether (sulfide) groups is 1. The van der Waals surface area contributed by atoms with Gasteiger partial charge in [-0.05, 0) is 30.5 Å². The van der Waals surface area contributed by atoms with Gasteiger partial charge >= 0.3 is 0 Å². The molecule has 3 aromatic rings. The summed E-state index contributed by atoms with van der Waals surface area (Å²) in [5.74, 6) is 0.771. The minimum Gasteiger partial charge on any atom is -0.272 e. The van der Waals surface area contributed by atoms with Crippen molar-refractivity contribution in [2.75, 3.05) is 6.26 Å². The van der Waals surface area contributed by atoms with Gasteiger partial charge in [0, 0.05) is 10.7 Å². The van der Waals surface area contributed by atoms with Crippen molar-refractivity contribution in [3.8, 4) is 5.69 Å². The van der Waals surface area contributed by atoms with E-state index in [1.807, 2.05) is 35.1 Å². The second-order valence-electron chi connectivity index (χ2n) is 3.97. The normalized spacial score (nSPS) is 10.9. The smallest absolute Gasteiger partial charge is 0.195 e. The van der Waals surface area contributed by atoms with E-state index >= 15 is 0 Å². The van der Waals surface area contributed by atoms with Crippen molar-refractivity contribution in [2.24, 2.45) is 0 Å². The predicted octanol–water partition coefficient (Wildman–Crippen LogP) is 2.28. The van der Waals surface area contributed by atoms with Crippen LogP contribution in [0.5, 0.6) is 0 Å². The Morgan fingerprint density at radius 1 is 1.10 bits per heavy atom. The molecule has 0 bridgehead atoms. The molecular weight excluding hydrogens is 296 g/mol. The van der Waals surface area contributed by atoms with E-state index in [0.29, 0.717) is 11.6 Å². The number of halogens is 1. The van der Waals surface area contributed by atoms with Crippen LogP contribution in [0.3, 0.4) is 0 Å². The number of benzene rings is 1. The van der Waals surface area contributed by atoms with Crippen molar-refractivity contribution in [1.82, 2.24) is 29.8 Å². The fraction of sp³-hybridized carbons (Fsp3) is 0.167. The summed E-state index contributed by atoms with van der Waals surface area (Å²) in [6.07, 6.45) is 5.24. The van der Waals surface area contributed by atoms with Crippen molar-refractivity contribution in [2.45, 2.75) is 11.7 Å². The van der Waals surface area contributed by atoms with Crippen LogP contribution < -0.4 is 0 Å². The molecule has 0 N–H and O–H groups in total. The SMILES string of the molecule is CSc1nnc(Cn2nccn2)n1-c1ccc(Cl)cc1. The second-order valence-corrected chi connectivity index (χ2v) is 5.18. The molecule has 3 rings (SSSR count). The van der Waals surface area contributed by atoms with E-state index in [1.54, 1.807) is 17.2 Å². The molecule has 0 saturated heterocycles. The standard InChI is InChI=1S/C12H11ClN6S/c1-20-12-17-16-11(8-18-14-6-7-15-18)19(12)10-4-2-9(13)3-5-10/h2-7H,8H2,1H3. The van der Waals surface area contributed by atoms with Gasteiger partial charge in [-0.25, -0.2) is 0 Å². The van der Waals surface area contributed by atoms with Crippen molar-refractivity contribution in [3.63, 3.8) is 0 Å². The first kappa shape index (κ1) is 13.1. The van der Waals surface area contributed by atoms with E-state index in [-0.39, 0.29) is 0 Å². The molecular formula is C12H11ClN6S. The van der Waals surface area contributed by atoms with E-state index < -0.39 is 0 Å². The summed E-state index contributed by atoms with van der Waals surface area (Å²) in [7, 11) is 0. The zero-order valence-electron chi connectivity index (χ0n) is 10.6. The van der Waals surface area contributed by atoms with Gasteiger partial charge in [0.05, 0.1) is 12.4 Å². The topological polar surface area (TPSA) is 61.4 Å². The van der Waals surface area contributed by atoms with Crippen LogP contribution in [0.15, 0.2) is 41.8 Å². The average Bonchev–Trinajstić information content (AvgIpc) is 3.10. The van der Waals surface area contributed by atoms with Crippen molar-refractivity contribution < 1.29 is 0 Å². The molecule has 6 nitrogen and oxygen atoms in total. The molecule has 0 fully saturated rings. The number of rotatable bonds is 4. The highest BCUT2D eigenvalue weighted by molar-refractivity contribution is 7.98. The largest absolute Gasteiger partial charge is 0.272 e. The molecule has 0 unspecified atom stereocenters. The van der Waals surface area contributed by atoms with Crippen LogP contribution in [0.1, 0.15) is 5.82 Å². The van der Waals surface area contributed by atoms with Crippen LogP contribution in [0.4, 0.5) is 0 Å². The number of hydrogen-bond acceptors (Lipinski definition) is 5. The molecule has 0 aliphatic rings. The average molecular weight is 307 g/mol. The maximum absolute atomic E-state index is 5.93. The molecule has 0 spiro atoms. The zero-order chi connectivity index (χ0) is 13.9. The summed E-state index contributed by atoms with van der Waals surface area (Å²) in [4.78, 5) is 1.57. The van der Waals surface area contributed by atoms with Crippen LogP contribution in [-0.4, -0.2) is 36.0 Å². The van der Waals surface area contributed by atoms with Crippen molar-refractivity contribution >= 4 is 23.4 Å². The maximum atomic E-state index is 5.93. The van der Waals surface area contributed by atoms with E-state index in [2.05, 4.69) is 20.4 Å². The van der Waals surface area contributed by atoms with Gasteiger partial charge in [-0.3, -0.25) is 4.57 Å². The van der Waals surface area contributed by atoms with Crippen molar-refractivity contribution in [1.29, 1.82) is 0 Å². The Bertz CT molecular complexity index is 691. The Morgan fingerprint density at radius 3 is 2.45 bits per heavy atom. The molecule has 0 radical (unpaired) electrons. The van der Waals surface area contributed by atoms with Gasteiger partial charge in [0.15, 0.2) is 11.0 Å². The summed E-state index contributed by atoms with van der Waals surface area (Å²) in [5.41, 5.74) is 0.964. The lowest BCUT2D eigenvalue weighted by Crippen LogP contribution is -2.10. The molecule has 0 aliphatic carbocycles. The third kappa shape index (κ3) is 2.54. The van der Waals surface area contributed by atoms with Gasteiger partial charge < -0.3 is 0 Å². The molecule has 0 atom stereocenters. The lowest BCUT2D eigenvalue weighted by Gasteiger charge is -2.09. The monoisotopic (exact) mass is 306 g/mol. The number of hydrogen-bond donors (Lipinski definition) is 0. The van der Waals surface area contributed by atoms with Crippen LogP contribution in [0, 0.1) is 0 Å². The molecule has 2 aromatic heterocycles. The third-order valence-electron chi connectivity index (χ3n) is 2.72. The third-order valence-corrected chi connectivity index (χ3v) is 3.60. The first-order valence-electron chi connectivity index (χ1n) is 5.86. The first-order chi connectivity index (χ1) is 9.78. The van der Waals surface area contributed by atoms with E-state index in [1.165, 1.54) is 11.8 Å². The Morgan fingerprint density at radius 2 is 1.80 bits per heavy atom. The first-order valence-corrected chi connectivity index (χ1v) is 7.46. The summed E-state index contributed by atoms with van der Waals surface area (Å²) in [5, 5.41) is 18.1. The molecule has 2 heterocycles. The fourth-order valence-electron chi connectivity index (χ4n) is 1.84. The lowest BCUT2D eigenvalue weighted by molar-refractivity contribution is 0.562. The van der Waals surface area contributed by atoms with E-state index in [9.17, 15) is 0 Å². The molecule has 0 amide bonds. The van der Waals surface area contributed by atoms with Gasteiger partial charge in [-0.1, -0.05) is 23.4 Å². The molecule has 1 aromatic carbocycles. The van der Waals surface area contributed by atoms with Crippen molar-refractivity contribution in [3.05, 3.63) is 47.5 Å². The van der Waals surface area contributed by atoms with E-state index in [4.69, 9.17) is 11.6 Å². The number of nitrogens with zero attached hydrogens (tertiary/aromatic N) is 6. The zero-order valence-corrected chi connectivity index (χ0v) is 12.2. The van der Waals surface area contributed by atoms with Crippen LogP contribution in [-0.2, 0) is 6.54 Å². The van der Waals surface area contributed by atoms with Crippen LogP contribution in [0.2, 0.25) is 5.02 Å². The van der Waals surface area contributed by atoms with Gasteiger partial charge in [0.2, 0.25) is 0 Å². The Labute approximate surface area is 124 Å². The highest BCUT2D eigenvalue weighted by Crippen LogP contribution is 2.21. The highest BCUT2D eigenvalue weighted by Gasteiger charge is 2.14. The molecule has 0 aliphatic heterocycles. The Kier molecular flexibility index (Phi) is 3.70. The predicted molar refractivity (Wildman–Crippen MR) is 77.3 cm³/mol. The summed E-state index contributed by atoms with van der Waals surface area (Å²) < 4.78 is 1.98. The lowest BCUT2D eigenvalue weighted by atomic mass is 10.3. The number of aromatic nitrogens is 6. The second kappa shape index (κ2) is 5.64. The molecule has 8 heteroatoms. The van der Waals surface area contributed by atoms with Gasteiger partial charge in [-0.2, -0.15) is 15.0 Å². The van der Waals surface area contributed by atoms with Gasteiger partial charge in [-0.15, -0.1) is 10.2 Å². The van der Waals surface area contributed by atoms with Gasteiger partial charge in [0.25, 0.3) is 0 Å². The Balaban J connectivity index is 2.03. The quantitative estimate of drug-likeness (QED) is 0.692. The minimum absolute atomic E-state index is 0.461. The Hall–Kier alpha value is -1.86. The van der Waals surface area contributed by atoms with Crippen LogP contribution >= 0.6 is 23.4 Å². The molecule has 0 saturated carbocycles. The van der Waals surface area contributed by atoms with E-state index in [0.717, 1.165) is 16.7 Å². The van der Waals surface area contributed by atoms with Crippen LogP contribution in [0.25, 0.3) is 5.69 Å². The summed E-state index contributed by atoms with van der Waals surface area (Å²) >= 11 is 7.47.